The minimum atomic E-state index is -2.07. The number of allylic oxidation sites excluding steroid dienone is 1. The second-order valence-corrected chi connectivity index (χ2v) is 10.4. The summed E-state index contributed by atoms with van der Waals surface area (Å²) in [5.74, 6) is 0. The molecule has 2 aromatic rings. The Bertz CT molecular complexity index is 869. The molecule has 5 nitrogen and oxygen atoms in total. The van der Waals surface area contributed by atoms with E-state index in [1.165, 1.54) is 0 Å². The summed E-state index contributed by atoms with van der Waals surface area (Å²) in [6.07, 6.45) is 4.51. The number of benzene rings is 1. The highest BCUT2D eigenvalue weighted by Gasteiger charge is 2.19. The summed E-state index contributed by atoms with van der Waals surface area (Å²) < 4.78 is 15.3. The van der Waals surface area contributed by atoms with Crippen molar-refractivity contribution >= 4 is 18.9 Å². The van der Waals surface area contributed by atoms with Gasteiger partial charge in [-0.05, 0) is 50.9 Å². The SMILES string of the molecule is C/C=C\c1c(C(C)Nc2ccc(CP(C)(C)=O)cc2)n(C)c(=O)n1C. The Balaban J connectivity index is 2.26. The summed E-state index contributed by atoms with van der Waals surface area (Å²) in [5, 5.41) is 3.45. The number of imidazole rings is 1. The predicted octanol–water partition coefficient (Wildman–Crippen LogP) is 4.05. The Morgan fingerprint density at radius 2 is 1.76 bits per heavy atom. The Morgan fingerprint density at radius 3 is 2.28 bits per heavy atom. The third kappa shape index (κ3) is 4.55. The molecule has 0 amide bonds. The molecule has 0 aliphatic rings. The van der Waals surface area contributed by atoms with Crippen LogP contribution in [0.5, 0.6) is 0 Å². The maximum Gasteiger partial charge on any atom is 0.328 e. The zero-order chi connectivity index (χ0) is 18.8. The quantitative estimate of drug-likeness (QED) is 0.790. The molecule has 25 heavy (non-hydrogen) atoms. The van der Waals surface area contributed by atoms with Gasteiger partial charge >= 0.3 is 5.69 Å². The highest BCUT2D eigenvalue weighted by molar-refractivity contribution is 7.61. The van der Waals surface area contributed by atoms with Crippen LogP contribution >= 0.6 is 7.14 Å². The molecule has 0 saturated heterocycles. The van der Waals surface area contributed by atoms with Gasteiger partial charge in [0, 0.05) is 25.9 Å². The molecule has 0 spiro atoms. The van der Waals surface area contributed by atoms with E-state index in [-0.39, 0.29) is 11.7 Å². The molecule has 1 aromatic carbocycles. The van der Waals surface area contributed by atoms with Crippen LogP contribution < -0.4 is 11.0 Å². The third-order valence-corrected chi connectivity index (χ3v) is 5.32. The summed E-state index contributed by atoms with van der Waals surface area (Å²) >= 11 is 0. The number of aromatic nitrogens is 2. The van der Waals surface area contributed by atoms with Gasteiger partial charge in [-0.2, -0.15) is 0 Å². The first kappa shape index (κ1) is 19.3. The number of anilines is 1. The van der Waals surface area contributed by atoms with E-state index in [0.717, 1.165) is 22.6 Å². The number of nitrogens with zero attached hydrogens (tertiary/aromatic N) is 2. The zero-order valence-corrected chi connectivity index (χ0v) is 16.8. The van der Waals surface area contributed by atoms with Gasteiger partial charge < -0.3 is 9.88 Å². The summed E-state index contributed by atoms with van der Waals surface area (Å²) in [6.45, 7) is 7.60. The van der Waals surface area contributed by atoms with E-state index < -0.39 is 7.14 Å². The highest BCUT2D eigenvalue weighted by atomic mass is 31.2. The van der Waals surface area contributed by atoms with E-state index >= 15 is 0 Å². The molecule has 1 aromatic heterocycles. The molecular weight excluding hydrogens is 333 g/mol. The molecule has 1 heterocycles. The summed E-state index contributed by atoms with van der Waals surface area (Å²) in [6, 6.07) is 7.98. The Kier molecular flexibility index (Phi) is 5.79. The molecule has 1 atom stereocenters. The van der Waals surface area contributed by atoms with Gasteiger partial charge in [0.25, 0.3) is 0 Å². The van der Waals surface area contributed by atoms with Crippen molar-refractivity contribution in [1.82, 2.24) is 9.13 Å². The van der Waals surface area contributed by atoms with E-state index in [2.05, 4.69) is 5.32 Å². The number of hydrogen-bond donors (Lipinski definition) is 1. The summed E-state index contributed by atoms with van der Waals surface area (Å²) in [7, 11) is 1.52. The lowest BCUT2D eigenvalue weighted by Crippen LogP contribution is -2.21. The molecule has 0 fully saturated rings. The number of rotatable bonds is 6. The molecule has 136 valence electrons. The summed E-state index contributed by atoms with van der Waals surface area (Å²) in [5.41, 5.74) is 3.87. The maximum atomic E-state index is 12.3. The first-order valence-corrected chi connectivity index (χ1v) is 11.2. The number of hydrogen-bond acceptors (Lipinski definition) is 3. The van der Waals surface area contributed by atoms with E-state index in [1.807, 2.05) is 50.3 Å². The minimum absolute atomic E-state index is 0.0283. The zero-order valence-electron chi connectivity index (χ0n) is 15.9. The van der Waals surface area contributed by atoms with Crippen LogP contribution in [-0.2, 0) is 24.8 Å². The van der Waals surface area contributed by atoms with Gasteiger partial charge in [0.05, 0.1) is 24.6 Å². The average Bonchev–Trinajstić information content (AvgIpc) is 2.73. The molecule has 6 heteroatoms. The summed E-state index contributed by atoms with van der Waals surface area (Å²) in [4.78, 5) is 12.3. The second-order valence-electron chi connectivity index (χ2n) is 6.97. The van der Waals surface area contributed by atoms with Gasteiger partial charge in [0.1, 0.15) is 0 Å². The van der Waals surface area contributed by atoms with Gasteiger partial charge in [-0.3, -0.25) is 9.13 Å². The molecular formula is C19H28N3O2P. The van der Waals surface area contributed by atoms with Gasteiger partial charge in [-0.15, -0.1) is 0 Å². The van der Waals surface area contributed by atoms with Gasteiger partial charge in [-0.1, -0.05) is 18.2 Å². The van der Waals surface area contributed by atoms with Crippen molar-refractivity contribution in [3.8, 4) is 0 Å². The highest BCUT2D eigenvalue weighted by Crippen LogP contribution is 2.40. The maximum absolute atomic E-state index is 12.3. The molecule has 0 saturated carbocycles. The van der Waals surface area contributed by atoms with Crippen molar-refractivity contribution in [3.05, 3.63) is 57.8 Å². The fraction of sp³-hybridized carbons (Fsp3) is 0.421. The molecule has 0 bridgehead atoms. The van der Waals surface area contributed by atoms with E-state index in [9.17, 15) is 9.36 Å². The van der Waals surface area contributed by atoms with Crippen molar-refractivity contribution in [2.45, 2.75) is 26.1 Å². The van der Waals surface area contributed by atoms with E-state index in [1.54, 1.807) is 36.6 Å². The minimum Gasteiger partial charge on any atom is -0.377 e. The third-order valence-electron chi connectivity index (χ3n) is 4.19. The van der Waals surface area contributed by atoms with E-state index in [0.29, 0.717) is 6.16 Å². The van der Waals surface area contributed by atoms with Crippen LogP contribution in [0.2, 0.25) is 0 Å². The largest absolute Gasteiger partial charge is 0.377 e. The van der Waals surface area contributed by atoms with Crippen LogP contribution in [0.1, 0.15) is 36.8 Å². The lowest BCUT2D eigenvalue weighted by atomic mass is 10.1. The molecule has 0 radical (unpaired) electrons. The van der Waals surface area contributed by atoms with Crippen molar-refractivity contribution < 1.29 is 4.57 Å². The molecule has 1 unspecified atom stereocenters. The smallest absolute Gasteiger partial charge is 0.328 e. The fourth-order valence-corrected chi connectivity index (χ4v) is 4.20. The van der Waals surface area contributed by atoms with Crippen molar-refractivity contribution in [3.63, 3.8) is 0 Å². The van der Waals surface area contributed by atoms with Crippen LogP contribution in [0, 0.1) is 0 Å². The van der Waals surface area contributed by atoms with Gasteiger partial charge in [-0.25, -0.2) is 4.79 Å². The van der Waals surface area contributed by atoms with Crippen molar-refractivity contribution in [2.75, 3.05) is 18.6 Å². The molecule has 2 rings (SSSR count). The van der Waals surface area contributed by atoms with E-state index in [4.69, 9.17) is 0 Å². The van der Waals surface area contributed by atoms with Gasteiger partial charge in [0.15, 0.2) is 0 Å². The monoisotopic (exact) mass is 361 g/mol. The molecule has 0 aliphatic heterocycles. The normalized spacial score (nSPS) is 13.4. The van der Waals surface area contributed by atoms with Crippen molar-refractivity contribution in [1.29, 1.82) is 0 Å². The Morgan fingerprint density at radius 1 is 1.16 bits per heavy atom. The van der Waals surface area contributed by atoms with Crippen LogP contribution in [-0.4, -0.2) is 22.5 Å². The standard InChI is InChI=1S/C19H28N3O2P/c1-7-8-17-18(22(4)19(23)21(17)3)14(2)20-16-11-9-15(10-12-16)13-25(5,6)24/h7-12,14,20H,13H2,1-6H3/b8-7-. The van der Waals surface area contributed by atoms with Crippen LogP contribution in [0.3, 0.4) is 0 Å². The van der Waals surface area contributed by atoms with Crippen LogP contribution in [0.4, 0.5) is 5.69 Å². The second kappa shape index (κ2) is 7.49. The first-order valence-electron chi connectivity index (χ1n) is 8.42. The Hall–Kier alpha value is -2.00. The predicted molar refractivity (Wildman–Crippen MR) is 107 cm³/mol. The van der Waals surface area contributed by atoms with Crippen molar-refractivity contribution in [2.24, 2.45) is 14.1 Å². The Labute approximate surface area is 149 Å². The number of nitrogens with one attached hydrogen (secondary N) is 1. The van der Waals surface area contributed by atoms with Crippen LogP contribution in [0.25, 0.3) is 6.08 Å². The molecule has 0 aliphatic carbocycles. The average molecular weight is 361 g/mol. The lowest BCUT2D eigenvalue weighted by molar-refractivity contribution is 0.582. The van der Waals surface area contributed by atoms with Gasteiger partial charge in [0.2, 0.25) is 0 Å². The molecule has 1 N–H and O–H groups in total. The fourth-order valence-electron chi connectivity index (χ4n) is 3.11. The first-order chi connectivity index (χ1) is 11.6. The lowest BCUT2D eigenvalue weighted by Gasteiger charge is -2.17. The van der Waals surface area contributed by atoms with Crippen LogP contribution in [0.15, 0.2) is 35.1 Å². The topological polar surface area (TPSA) is 56.0 Å².